The highest BCUT2D eigenvalue weighted by Gasteiger charge is 2.17. The first-order valence-electron chi connectivity index (χ1n) is 5.76. The monoisotopic (exact) mass is 336 g/mol. The van der Waals surface area contributed by atoms with Crippen molar-refractivity contribution in [3.8, 4) is 0 Å². The van der Waals surface area contributed by atoms with Crippen molar-refractivity contribution < 1.29 is 9.52 Å². The number of aliphatic hydroxyl groups is 1. The zero-order valence-corrected chi connectivity index (χ0v) is 12.1. The Balaban J connectivity index is 2.07. The van der Waals surface area contributed by atoms with Gasteiger partial charge in [-0.25, -0.2) is 0 Å². The molecule has 3 rings (SSSR count). The van der Waals surface area contributed by atoms with E-state index in [1.54, 1.807) is 12.1 Å². The van der Waals surface area contributed by atoms with Gasteiger partial charge in [0.05, 0.1) is 0 Å². The van der Waals surface area contributed by atoms with Crippen LogP contribution >= 0.6 is 27.5 Å². The third-order valence-electron chi connectivity index (χ3n) is 2.97. The van der Waals surface area contributed by atoms with Gasteiger partial charge >= 0.3 is 0 Å². The molecule has 3 aromatic rings. The van der Waals surface area contributed by atoms with Crippen LogP contribution < -0.4 is 0 Å². The van der Waals surface area contributed by atoms with E-state index in [-0.39, 0.29) is 0 Å². The van der Waals surface area contributed by atoms with Gasteiger partial charge in [-0.2, -0.15) is 0 Å². The summed E-state index contributed by atoms with van der Waals surface area (Å²) in [5, 5.41) is 11.9. The average molecular weight is 338 g/mol. The van der Waals surface area contributed by atoms with Crippen LogP contribution in [0.2, 0.25) is 5.02 Å². The van der Waals surface area contributed by atoms with E-state index in [9.17, 15) is 5.11 Å². The minimum atomic E-state index is -0.804. The van der Waals surface area contributed by atoms with Gasteiger partial charge in [0.15, 0.2) is 0 Å². The van der Waals surface area contributed by atoms with Crippen molar-refractivity contribution in [2.75, 3.05) is 0 Å². The summed E-state index contributed by atoms with van der Waals surface area (Å²) in [7, 11) is 0. The predicted octanol–water partition coefficient (Wildman–Crippen LogP) is 4.93. The number of furan rings is 1. The van der Waals surface area contributed by atoms with Crippen LogP contribution in [0, 0.1) is 0 Å². The molecule has 0 fully saturated rings. The highest BCUT2D eigenvalue weighted by atomic mass is 79.9. The molecule has 0 saturated carbocycles. The molecule has 1 N–H and O–H groups in total. The molecule has 2 nitrogen and oxygen atoms in total. The number of hydrogen-bond donors (Lipinski definition) is 1. The Kier molecular flexibility index (Phi) is 3.35. The lowest BCUT2D eigenvalue weighted by Gasteiger charge is -2.09. The Labute approximate surface area is 123 Å². The molecule has 4 heteroatoms. The fraction of sp³-hybridized carbons (Fsp3) is 0.0667. The Morgan fingerprint density at radius 1 is 1.11 bits per heavy atom. The van der Waals surface area contributed by atoms with E-state index < -0.39 is 6.10 Å². The summed E-state index contributed by atoms with van der Waals surface area (Å²) >= 11 is 9.36. The minimum Gasteiger partial charge on any atom is -0.458 e. The van der Waals surface area contributed by atoms with Crippen molar-refractivity contribution in [3.63, 3.8) is 0 Å². The average Bonchev–Trinajstić information content (AvgIpc) is 2.81. The summed E-state index contributed by atoms with van der Waals surface area (Å²) in [6.45, 7) is 0. The maximum Gasteiger partial charge on any atom is 0.138 e. The first-order chi connectivity index (χ1) is 9.15. The van der Waals surface area contributed by atoms with Gasteiger partial charge in [0.1, 0.15) is 17.4 Å². The van der Waals surface area contributed by atoms with E-state index in [0.717, 1.165) is 15.4 Å². The van der Waals surface area contributed by atoms with Crippen LogP contribution in [-0.2, 0) is 0 Å². The first-order valence-corrected chi connectivity index (χ1v) is 6.94. The predicted molar refractivity (Wildman–Crippen MR) is 79.4 cm³/mol. The van der Waals surface area contributed by atoms with Crippen molar-refractivity contribution >= 4 is 38.5 Å². The van der Waals surface area contributed by atoms with Crippen molar-refractivity contribution in [2.45, 2.75) is 6.10 Å². The summed E-state index contributed by atoms with van der Waals surface area (Å²) in [5.74, 6) is 0.504. The quantitative estimate of drug-likeness (QED) is 0.719. The molecule has 0 radical (unpaired) electrons. The van der Waals surface area contributed by atoms with Crippen LogP contribution in [0.25, 0.3) is 11.0 Å². The van der Waals surface area contributed by atoms with Gasteiger partial charge in [-0.15, -0.1) is 0 Å². The van der Waals surface area contributed by atoms with Gasteiger partial charge in [-0.1, -0.05) is 45.7 Å². The van der Waals surface area contributed by atoms with Crippen LogP contribution in [0.1, 0.15) is 17.4 Å². The lowest BCUT2D eigenvalue weighted by molar-refractivity contribution is 0.191. The van der Waals surface area contributed by atoms with Crippen LogP contribution in [0.4, 0.5) is 0 Å². The number of halogens is 2. The number of hydrogen-bond acceptors (Lipinski definition) is 2. The summed E-state index contributed by atoms with van der Waals surface area (Å²) in [4.78, 5) is 0. The molecule has 1 atom stereocenters. The number of fused-ring (bicyclic) bond motifs is 1. The fourth-order valence-electron chi connectivity index (χ4n) is 2.02. The molecule has 0 saturated heterocycles. The van der Waals surface area contributed by atoms with Gasteiger partial charge in [0.2, 0.25) is 0 Å². The van der Waals surface area contributed by atoms with E-state index >= 15 is 0 Å². The second-order valence-electron chi connectivity index (χ2n) is 4.25. The Bertz CT molecular complexity index is 736. The van der Waals surface area contributed by atoms with E-state index in [1.807, 2.05) is 36.4 Å². The number of benzene rings is 2. The molecule has 1 aromatic heterocycles. The van der Waals surface area contributed by atoms with Gasteiger partial charge in [0.25, 0.3) is 0 Å². The first kappa shape index (κ1) is 12.7. The second kappa shape index (κ2) is 5.00. The second-order valence-corrected chi connectivity index (χ2v) is 5.55. The summed E-state index contributed by atoms with van der Waals surface area (Å²) in [6, 6.07) is 14.7. The van der Waals surface area contributed by atoms with E-state index in [1.165, 1.54) is 0 Å². The molecule has 0 amide bonds. The fourth-order valence-corrected chi connectivity index (χ4v) is 2.70. The molecule has 0 aliphatic heterocycles. The molecule has 1 heterocycles. The molecular weight excluding hydrogens is 328 g/mol. The standard InChI is InChI=1S/C15H10BrClO2/c16-12-4-2-1-3-11(12)15(18)14-8-9-7-10(17)5-6-13(9)19-14/h1-8,15,18H. The highest BCUT2D eigenvalue weighted by molar-refractivity contribution is 9.10. The summed E-state index contributed by atoms with van der Waals surface area (Å²) in [5.41, 5.74) is 1.48. The third kappa shape index (κ3) is 2.41. The molecule has 1 unspecified atom stereocenters. The van der Waals surface area contributed by atoms with Crippen LogP contribution in [0.5, 0.6) is 0 Å². The maximum atomic E-state index is 10.4. The third-order valence-corrected chi connectivity index (χ3v) is 3.92. The molecule has 0 aliphatic carbocycles. The normalized spacial score (nSPS) is 12.8. The Morgan fingerprint density at radius 3 is 2.68 bits per heavy atom. The molecule has 0 aliphatic rings. The van der Waals surface area contributed by atoms with Crippen LogP contribution in [0.3, 0.4) is 0 Å². The highest BCUT2D eigenvalue weighted by Crippen LogP contribution is 2.32. The van der Waals surface area contributed by atoms with Gasteiger partial charge < -0.3 is 9.52 Å². The molecule has 2 aromatic carbocycles. The van der Waals surface area contributed by atoms with Crippen molar-refractivity contribution in [1.82, 2.24) is 0 Å². The van der Waals surface area contributed by atoms with Crippen molar-refractivity contribution in [1.29, 1.82) is 0 Å². The smallest absolute Gasteiger partial charge is 0.138 e. The summed E-state index contributed by atoms with van der Waals surface area (Å²) in [6.07, 6.45) is -0.804. The lowest BCUT2D eigenvalue weighted by Crippen LogP contribution is -1.98. The number of aliphatic hydroxyl groups excluding tert-OH is 1. The van der Waals surface area contributed by atoms with Crippen molar-refractivity contribution in [3.05, 3.63) is 69.3 Å². The Hall–Kier alpha value is -1.29. The zero-order valence-electron chi connectivity index (χ0n) is 9.81. The molecule has 96 valence electrons. The zero-order chi connectivity index (χ0) is 13.4. The Morgan fingerprint density at radius 2 is 1.89 bits per heavy atom. The molecule has 19 heavy (non-hydrogen) atoms. The van der Waals surface area contributed by atoms with Crippen LogP contribution in [-0.4, -0.2) is 5.11 Å². The van der Waals surface area contributed by atoms with Gasteiger partial charge in [-0.05, 0) is 30.3 Å². The van der Waals surface area contributed by atoms with Crippen LogP contribution in [0.15, 0.2) is 57.4 Å². The SMILES string of the molecule is OC(c1cc2cc(Cl)ccc2o1)c1ccccc1Br. The molecular formula is C15H10BrClO2. The van der Waals surface area contributed by atoms with Crippen molar-refractivity contribution in [2.24, 2.45) is 0 Å². The topological polar surface area (TPSA) is 33.4 Å². The van der Waals surface area contributed by atoms with E-state index in [2.05, 4.69) is 15.9 Å². The van der Waals surface area contributed by atoms with Gasteiger partial charge in [0, 0.05) is 20.4 Å². The molecule has 0 bridgehead atoms. The van der Waals surface area contributed by atoms with E-state index in [4.69, 9.17) is 16.0 Å². The van der Waals surface area contributed by atoms with E-state index in [0.29, 0.717) is 16.4 Å². The summed E-state index contributed by atoms with van der Waals surface area (Å²) < 4.78 is 6.51. The largest absolute Gasteiger partial charge is 0.458 e. The maximum absolute atomic E-state index is 10.4. The van der Waals surface area contributed by atoms with Gasteiger partial charge in [-0.3, -0.25) is 0 Å². The lowest BCUT2D eigenvalue weighted by atomic mass is 10.1. The molecule has 0 spiro atoms. The minimum absolute atomic E-state index is 0.504. The number of rotatable bonds is 2.